The normalized spacial score (nSPS) is 16.5. The van der Waals surface area contributed by atoms with Crippen molar-refractivity contribution >= 4 is 5.69 Å². The summed E-state index contributed by atoms with van der Waals surface area (Å²) in [6, 6.07) is 4.30. The van der Waals surface area contributed by atoms with Crippen LogP contribution in [0.4, 0.5) is 14.5 Å². The molecule has 0 radical (unpaired) electrons. The number of alkyl halides is 2. The topological polar surface area (TPSA) is 71.0 Å². The summed E-state index contributed by atoms with van der Waals surface area (Å²) in [4.78, 5) is 0. The fourth-order valence-electron chi connectivity index (χ4n) is 1.54. The molecule has 0 aliphatic carbocycles. The van der Waals surface area contributed by atoms with Gasteiger partial charge in [-0.1, -0.05) is 6.92 Å². The molecule has 0 amide bonds. The summed E-state index contributed by atoms with van der Waals surface area (Å²) in [6.45, 7) is 1.59. The number of hydrogen-bond acceptors (Lipinski definition) is 5. The van der Waals surface area contributed by atoms with Crippen LogP contribution in [0.3, 0.4) is 0 Å². The number of halogens is 2. The average Bonchev–Trinajstić information content (AvgIpc) is 2.69. The maximum atomic E-state index is 12.8. The first kappa shape index (κ1) is 13.8. The van der Waals surface area contributed by atoms with Crippen LogP contribution in [0.5, 0.6) is 11.5 Å². The van der Waals surface area contributed by atoms with Crippen molar-refractivity contribution in [3.05, 3.63) is 18.2 Å². The minimum absolute atomic E-state index is 0.0253. The van der Waals surface area contributed by atoms with Crippen LogP contribution in [0.2, 0.25) is 0 Å². The minimum Gasteiger partial charge on any atom is -0.396 e. The van der Waals surface area contributed by atoms with E-state index in [9.17, 15) is 8.78 Å². The molecular formula is C12H15F2NO4. The van der Waals surface area contributed by atoms with Gasteiger partial charge in [0.15, 0.2) is 11.5 Å². The lowest BCUT2D eigenvalue weighted by Crippen LogP contribution is -2.33. The van der Waals surface area contributed by atoms with Gasteiger partial charge >= 0.3 is 6.29 Å². The molecule has 1 heterocycles. The molecule has 7 heteroatoms. The van der Waals surface area contributed by atoms with E-state index in [4.69, 9.17) is 10.2 Å². The van der Waals surface area contributed by atoms with Gasteiger partial charge < -0.3 is 25.0 Å². The van der Waals surface area contributed by atoms with Crippen molar-refractivity contribution in [2.24, 2.45) is 5.41 Å². The highest BCUT2D eigenvalue weighted by atomic mass is 19.3. The standard InChI is InChI=1S/C12H15F2NO4/c1-11(6-16,7-17)5-15-8-2-3-9-10(4-8)19-12(13,14)18-9/h2-4,15-17H,5-7H2,1H3. The van der Waals surface area contributed by atoms with E-state index in [1.54, 1.807) is 13.0 Å². The Morgan fingerprint density at radius 2 is 1.84 bits per heavy atom. The summed E-state index contributed by atoms with van der Waals surface area (Å²) in [6.07, 6.45) is -3.63. The molecule has 5 nitrogen and oxygen atoms in total. The molecule has 0 saturated carbocycles. The first-order valence-electron chi connectivity index (χ1n) is 5.73. The Labute approximate surface area is 108 Å². The highest BCUT2D eigenvalue weighted by Gasteiger charge is 2.43. The maximum Gasteiger partial charge on any atom is 0.586 e. The van der Waals surface area contributed by atoms with Crippen LogP contribution in [0.25, 0.3) is 0 Å². The largest absolute Gasteiger partial charge is 0.586 e. The smallest absolute Gasteiger partial charge is 0.396 e. The Morgan fingerprint density at radius 1 is 1.21 bits per heavy atom. The number of rotatable bonds is 5. The van der Waals surface area contributed by atoms with Gasteiger partial charge in [0.05, 0.1) is 13.2 Å². The number of fused-ring (bicyclic) bond motifs is 1. The van der Waals surface area contributed by atoms with Crippen LogP contribution in [-0.4, -0.2) is 36.3 Å². The van der Waals surface area contributed by atoms with Crippen LogP contribution in [0.1, 0.15) is 6.92 Å². The van der Waals surface area contributed by atoms with E-state index < -0.39 is 11.7 Å². The zero-order valence-corrected chi connectivity index (χ0v) is 10.3. The lowest BCUT2D eigenvalue weighted by molar-refractivity contribution is -0.286. The molecule has 106 valence electrons. The van der Waals surface area contributed by atoms with Crippen molar-refractivity contribution in [3.8, 4) is 11.5 Å². The van der Waals surface area contributed by atoms with Crippen LogP contribution in [-0.2, 0) is 0 Å². The van der Waals surface area contributed by atoms with Crippen molar-refractivity contribution < 1.29 is 28.5 Å². The van der Waals surface area contributed by atoms with Gasteiger partial charge in [-0.05, 0) is 12.1 Å². The van der Waals surface area contributed by atoms with Crippen LogP contribution < -0.4 is 14.8 Å². The SMILES string of the molecule is CC(CO)(CO)CNc1ccc2c(c1)OC(F)(F)O2. The Hall–Kier alpha value is -1.60. The number of anilines is 1. The zero-order chi connectivity index (χ0) is 14.1. The first-order valence-corrected chi connectivity index (χ1v) is 5.73. The fraction of sp³-hybridized carbons (Fsp3) is 0.500. The predicted molar refractivity (Wildman–Crippen MR) is 63.4 cm³/mol. The second kappa shape index (κ2) is 4.82. The summed E-state index contributed by atoms with van der Waals surface area (Å²) in [5, 5.41) is 21.2. The molecule has 0 spiro atoms. The number of aliphatic hydroxyl groups is 2. The maximum absolute atomic E-state index is 12.8. The van der Waals surface area contributed by atoms with E-state index in [1.807, 2.05) is 0 Å². The Bertz CT molecular complexity index is 463. The summed E-state index contributed by atoms with van der Waals surface area (Å²) in [5.41, 5.74) is -0.159. The second-order valence-corrected chi connectivity index (χ2v) is 4.81. The molecular weight excluding hydrogens is 260 g/mol. The fourth-order valence-corrected chi connectivity index (χ4v) is 1.54. The molecule has 1 aromatic carbocycles. The highest BCUT2D eigenvalue weighted by molar-refractivity contribution is 5.56. The average molecular weight is 275 g/mol. The van der Waals surface area contributed by atoms with Gasteiger partial charge in [0, 0.05) is 23.7 Å². The molecule has 0 bridgehead atoms. The third kappa shape index (κ3) is 3.05. The van der Waals surface area contributed by atoms with E-state index in [2.05, 4.69) is 14.8 Å². The lowest BCUT2D eigenvalue weighted by atomic mass is 9.93. The second-order valence-electron chi connectivity index (χ2n) is 4.81. The predicted octanol–water partition coefficient (Wildman–Crippen LogP) is 1.41. The molecule has 0 aromatic heterocycles. The van der Waals surface area contributed by atoms with Crippen molar-refractivity contribution in [1.29, 1.82) is 0 Å². The molecule has 2 rings (SSSR count). The van der Waals surface area contributed by atoms with Gasteiger partial charge in [0.1, 0.15) is 0 Å². The van der Waals surface area contributed by atoms with Gasteiger partial charge in [-0.15, -0.1) is 8.78 Å². The summed E-state index contributed by atoms with van der Waals surface area (Å²) >= 11 is 0. The summed E-state index contributed by atoms with van der Waals surface area (Å²) in [7, 11) is 0. The Kier molecular flexibility index (Phi) is 3.51. The number of hydrogen-bond donors (Lipinski definition) is 3. The van der Waals surface area contributed by atoms with Gasteiger partial charge in [-0.25, -0.2) is 0 Å². The number of nitrogens with one attached hydrogen (secondary N) is 1. The van der Waals surface area contributed by atoms with Crippen LogP contribution in [0.15, 0.2) is 18.2 Å². The number of ether oxygens (including phenoxy) is 2. The zero-order valence-electron chi connectivity index (χ0n) is 10.3. The van der Waals surface area contributed by atoms with Gasteiger partial charge in [-0.3, -0.25) is 0 Å². The Morgan fingerprint density at radius 3 is 2.47 bits per heavy atom. The van der Waals surface area contributed by atoms with Crippen molar-refractivity contribution in [2.45, 2.75) is 13.2 Å². The third-order valence-corrected chi connectivity index (χ3v) is 2.88. The summed E-state index contributed by atoms with van der Waals surface area (Å²) < 4.78 is 34.2. The van der Waals surface area contributed by atoms with Gasteiger partial charge in [0.25, 0.3) is 0 Å². The molecule has 0 atom stereocenters. The molecule has 3 N–H and O–H groups in total. The van der Waals surface area contributed by atoms with Gasteiger partial charge in [-0.2, -0.15) is 0 Å². The summed E-state index contributed by atoms with van der Waals surface area (Å²) in [5.74, 6) is -0.0765. The monoisotopic (exact) mass is 275 g/mol. The van der Waals surface area contributed by atoms with Crippen LogP contribution in [0, 0.1) is 5.41 Å². The molecule has 19 heavy (non-hydrogen) atoms. The molecule has 0 saturated heterocycles. The third-order valence-electron chi connectivity index (χ3n) is 2.88. The molecule has 1 aliphatic heterocycles. The molecule has 0 fully saturated rings. The van der Waals surface area contributed by atoms with Crippen LogP contribution >= 0.6 is 0 Å². The first-order chi connectivity index (χ1) is 8.87. The Balaban J connectivity index is 2.05. The quantitative estimate of drug-likeness (QED) is 0.758. The van der Waals surface area contributed by atoms with Crippen molar-refractivity contribution in [2.75, 3.05) is 25.1 Å². The highest BCUT2D eigenvalue weighted by Crippen LogP contribution is 2.42. The minimum atomic E-state index is -3.63. The molecule has 1 aliphatic rings. The molecule has 1 aromatic rings. The van der Waals surface area contributed by atoms with E-state index in [-0.39, 0.29) is 31.3 Å². The van der Waals surface area contributed by atoms with Crippen molar-refractivity contribution in [3.63, 3.8) is 0 Å². The van der Waals surface area contributed by atoms with E-state index in [1.165, 1.54) is 12.1 Å². The van der Waals surface area contributed by atoms with Gasteiger partial charge in [0.2, 0.25) is 0 Å². The van der Waals surface area contributed by atoms with Crippen molar-refractivity contribution in [1.82, 2.24) is 0 Å². The lowest BCUT2D eigenvalue weighted by Gasteiger charge is -2.25. The number of benzene rings is 1. The van der Waals surface area contributed by atoms with E-state index in [0.29, 0.717) is 5.69 Å². The molecule has 0 unspecified atom stereocenters. The van der Waals surface area contributed by atoms with E-state index >= 15 is 0 Å². The number of aliphatic hydroxyl groups excluding tert-OH is 2. The van der Waals surface area contributed by atoms with E-state index in [0.717, 1.165) is 0 Å².